The zero-order valence-corrected chi connectivity index (χ0v) is 27.5. The first-order valence-corrected chi connectivity index (χ1v) is 16.7. The first kappa shape index (κ1) is 32.6. The van der Waals surface area contributed by atoms with E-state index in [0.29, 0.717) is 33.5 Å². The quantitative estimate of drug-likeness (QED) is 0.167. The van der Waals surface area contributed by atoms with Crippen LogP contribution in [0.3, 0.4) is 0 Å². The summed E-state index contributed by atoms with van der Waals surface area (Å²) in [4.78, 5) is 18.8. The van der Waals surface area contributed by atoms with Crippen molar-refractivity contribution < 1.29 is 9.53 Å². The SMILES string of the molecule is CCCCn1cc(-c2ccc(Cl)cc2Cl)nc1[C@H](Cc1ccc(Oc2ccc(C#N)cc2)cc1)NC(=O)C1CCC(CC)CC1. The van der Waals surface area contributed by atoms with Crippen LogP contribution in [0.1, 0.15) is 81.8 Å². The van der Waals surface area contributed by atoms with E-state index < -0.39 is 0 Å². The molecule has 0 unspecified atom stereocenters. The summed E-state index contributed by atoms with van der Waals surface area (Å²) in [7, 11) is 0. The van der Waals surface area contributed by atoms with Crippen LogP contribution < -0.4 is 10.1 Å². The van der Waals surface area contributed by atoms with E-state index >= 15 is 0 Å². The number of aryl methyl sites for hydroxylation is 1. The van der Waals surface area contributed by atoms with Crippen molar-refractivity contribution in [1.82, 2.24) is 14.9 Å². The molecule has 4 aromatic rings. The number of hydrogen-bond acceptors (Lipinski definition) is 4. The summed E-state index contributed by atoms with van der Waals surface area (Å²) in [6, 6.07) is 22.2. The van der Waals surface area contributed by atoms with Crippen molar-refractivity contribution in [1.29, 1.82) is 5.26 Å². The number of rotatable bonds is 12. The molecule has 0 saturated heterocycles. The molecule has 8 heteroatoms. The average Bonchev–Trinajstić information content (AvgIpc) is 3.48. The van der Waals surface area contributed by atoms with Gasteiger partial charge in [-0.3, -0.25) is 4.79 Å². The number of imidazole rings is 1. The molecule has 6 nitrogen and oxygen atoms in total. The van der Waals surface area contributed by atoms with Crippen LogP contribution in [0.4, 0.5) is 0 Å². The van der Waals surface area contributed by atoms with Gasteiger partial charge in [-0.25, -0.2) is 4.98 Å². The number of nitrogens with one attached hydrogen (secondary N) is 1. The van der Waals surface area contributed by atoms with Crippen LogP contribution in [-0.2, 0) is 17.8 Å². The second-order valence-corrected chi connectivity index (χ2v) is 12.8. The van der Waals surface area contributed by atoms with Crippen LogP contribution in [0.15, 0.2) is 72.9 Å². The van der Waals surface area contributed by atoms with E-state index in [0.717, 1.165) is 73.6 Å². The van der Waals surface area contributed by atoms with Crippen molar-refractivity contribution in [2.75, 3.05) is 0 Å². The third-order valence-corrected chi connectivity index (χ3v) is 9.32. The third kappa shape index (κ3) is 8.48. The predicted octanol–water partition coefficient (Wildman–Crippen LogP) is 9.94. The lowest BCUT2D eigenvalue weighted by Gasteiger charge is -2.29. The Labute approximate surface area is 276 Å². The van der Waals surface area contributed by atoms with Crippen LogP contribution in [0.2, 0.25) is 10.0 Å². The van der Waals surface area contributed by atoms with E-state index in [4.69, 9.17) is 38.2 Å². The second kappa shape index (κ2) is 15.5. The number of halogens is 2. The van der Waals surface area contributed by atoms with E-state index in [9.17, 15) is 4.79 Å². The summed E-state index contributed by atoms with van der Waals surface area (Å²) in [5, 5.41) is 13.6. The molecule has 0 spiro atoms. The number of nitrogens with zero attached hydrogens (tertiary/aromatic N) is 3. The maximum atomic E-state index is 13.7. The van der Waals surface area contributed by atoms with Crippen molar-refractivity contribution >= 4 is 29.1 Å². The maximum absolute atomic E-state index is 13.7. The van der Waals surface area contributed by atoms with Gasteiger partial charge in [0, 0.05) is 29.2 Å². The Balaban J connectivity index is 1.42. The number of amides is 1. The average molecular weight is 644 g/mol. The van der Waals surface area contributed by atoms with Gasteiger partial charge >= 0.3 is 0 Å². The second-order valence-electron chi connectivity index (χ2n) is 11.9. The Morgan fingerprint density at radius 1 is 1.02 bits per heavy atom. The largest absolute Gasteiger partial charge is 0.457 e. The molecule has 1 fully saturated rings. The van der Waals surface area contributed by atoms with E-state index in [1.807, 2.05) is 42.6 Å². The Kier molecular flexibility index (Phi) is 11.2. The highest BCUT2D eigenvalue weighted by Crippen LogP contribution is 2.34. The fourth-order valence-electron chi connectivity index (χ4n) is 6.04. The van der Waals surface area contributed by atoms with E-state index in [1.165, 1.54) is 6.42 Å². The molecule has 1 heterocycles. The first-order chi connectivity index (χ1) is 21.9. The van der Waals surface area contributed by atoms with E-state index in [-0.39, 0.29) is 17.9 Å². The number of carbonyl (C=O) groups excluding carboxylic acids is 1. The van der Waals surface area contributed by atoms with Gasteiger partial charge < -0.3 is 14.6 Å². The van der Waals surface area contributed by atoms with Gasteiger partial charge in [-0.05, 0) is 105 Å². The molecule has 0 aliphatic heterocycles. The van der Waals surface area contributed by atoms with Crippen molar-refractivity contribution in [3.63, 3.8) is 0 Å². The minimum Gasteiger partial charge on any atom is -0.457 e. The number of ether oxygens (including phenoxy) is 1. The molecule has 234 valence electrons. The van der Waals surface area contributed by atoms with Gasteiger partial charge in [0.2, 0.25) is 5.91 Å². The van der Waals surface area contributed by atoms with Crippen LogP contribution >= 0.6 is 23.2 Å². The van der Waals surface area contributed by atoms with Gasteiger partial charge in [-0.2, -0.15) is 5.26 Å². The lowest BCUT2D eigenvalue weighted by Crippen LogP contribution is -2.37. The van der Waals surface area contributed by atoms with Gasteiger partial charge in [0.25, 0.3) is 0 Å². The van der Waals surface area contributed by atoms with Gasteiger partial charge in [0.05, 0.1) is 28.4 Å². The number of unbranched alkanes of at least 4 members (excludes halogenated alkanes) is 1. The Bertz CT molecular complexity index is 1620. The molecule has 1 aromatic heterocycles. The molecular weight excluding hydrogens is 603 g/mol. The van der Waals surface area contributed by atoms with Gasteiger partial charge in [0.1, 0.15) is 17.3 Å². The fourth-order valence-corrected chi connectivity index (χ4v) is 6.54. The smallest absolute Gasteiger partial charge is 0.223 e. The minimum atomic E-state index is -0.330. The summed E-state index contributed by atoms with van der Waals surface area (Å²) >= 11 is 12.8. The van der Waals surface area contributed by atoms with E-state index in [1.54, 1.807) is 30.3 Å². The van der Waals surface area contributed by atoms with Gasteiger partial charge in [0.15, 0.2) is 0 Å². The highest BCUT2D eigenvalue weighted by atomic mass is 35.5. The molecule has 3 aromatic carbocycles. The molecule has 1 aliphatic rings. The number of nitriles is 1. The number of benzene rings is 3. The molecule has 0 radical (unpaired) electrons. The molecule has 1 atom stereocenters. The van der Waals surface area contributed by atoms with Crippen LogP contribution in [0.5, 0.6) is 11.5 Å². The third-order valence-electron chi connectivity index (χ3n) is 8.77. The summed E-state index contributed by atoms with van der Waals surface area (Å²) in [6.45, 7) is 5.19. The Morgan fingerprint density at radius 3 is 2.33 bits per heavy atom. The minimum absolute atomic E-state index is 0.0164. The highest BCUT2D eigenvalue weighted by molar-refractivity contribution is 6.36. The molecule has 5 rings (SSSR count). The lowest BCUT2D eigenvalue weighted by molar-refractivity contribution is -0.127. The summed E-state index contributed by atoms with van der Waals surface area (Å²) in [5.74, 6) is 3.01. The monoisotopic (exact) mass is 642 g/mol. The zero-order chi connectivity index (χ0) is 31.8. The van der Waals surface area contributed by atoms with Crippen molar-refractivity contribution in [2.24, 2.45) is 11.8 Å². The number of aromatic nitrogens is 2. The molecular formula is C37H40Cl2N4O2. The molecule has 1 N–H and O–H groups in total. The zero-order valence-electron chi connectivity index (χ0n) is 25.9. The fraction of sp³-hybridized carbons (Fsp3) is 0.378. The topological polar surface area (TPSA) is 79.9 Å². The number of hydrogen-bond donors (Lipinski definition) is 1. The molecule has 1 saturated carbocycles. The summed E-state index contributed by atoms with van der Waals surface area (Å²) < 4.78 is 8.17. The molecule has 45 heavy (non-hydrogen) atoms. The van der Waals surface area contributed by atoms with Crippen LogP contribution in [-0.4, -0.2) is 15.5 Å². The predicted molar refractivity (Wildman–Crippen MR) is 181 cm³/mol. The van der Waals surface area contributed by atoms with Gasteiger partial charge in [-0.1, -0.05) is 62.0 Å². The number of carbonyl (C=O) groups is 1. The molecule has 0 bridgehead atoms. The van der Waals surface area contributed by atoms with Crippen LogP contribution in [0.25, 0.3) is 11.3 Å². The lowest BCUT2D eigenvalue weighted by atomic mass is 9.80. The van der Waals surface area contributed by atoms with E-state index in [2.05, 4.69) is 29.8 Å². The standard InChI is InChI=1S/C37H40Cl2N4O2/c1-3-5-20-43-24-35(32-19-14-29(38)22-33(32)39)41-36(43)34(42-37(44)28-12-6-25(4-2)7-13-28)21-26-8-15-30(16-9-26)45-31-17-10-27(23-40)11-18-31/h8-11,14-19,22,24-25,28,34H,3-7,12-13,20-21H2,1-2H3,(H,42,44)/t25?,28?,34-/m0/s1. The van der Waals surface area contributed by atoms with Crippen molar-refractivity contribution in [3.8, 4) is 28.8 Å². The maximum Gasteiger partial charge on any atom is 0.223 e. The molecule has 1 aliphatic carbocycles. The van der Waals surface area contributed by atoms with Gasteiger partial charge in [-0.15, -0.1) is 0 Å². The van der Waals surface area contributed by atoms with Crippen molar-refractivity contribution in [3.05, 3.63) is 99.9 Å². The molecule has 1 amide bonds. The first-order valence-electron chi connectivity index (χ1n) is 16.0. The van der Waals surface area contributed by atoms with Crippen molar-refractivity contribution in [2.45, 2.75) is 77.8 Å². The summed E-state index contributed by atoms with van der Waals surface area (Å²) in [6.07, 6.45) is 9.86. The normalized spacial score (nSPS) is 17.0. The Morgan fingerprint density at radius 2 is 1.71 bits per heavy atom. The van der Waals surface area contributed by atoms with Crippen LogP contribution in [0, 0.1) is 23.2 Å². The summed E-state index contributed by atoms with van der Waals surface area (Å²) in [5.41, 5.74) is 3.21. The highest BCUT2D eigenvalue weighted by Gasteiger charge is 2.29. The Hall–Kier alpha value is -3.79.